The predicted octanol–water partition coefficient (Wildman–Crippen LogP) is 2.56. The second kappa shape index (κ2) is 8.80. The normalized spacial score (nSPS) is 11.8. The fourth-order valence-corrected chi connectivity index (χ4v) is 2.75. The molecular weight excluding hydrogens is 420 g/mol. The maximum Gasteiger partial charge on any atom is 0.349 e. The maximum absolute atomic E-state index is 12.3. The van der Waals surface area contributed by atoms with Crippen molar-refractivity contribution < 1.29 is 24.3 Å². The van der Waals surface area contributed by atoms with Crippen molar-refractivity contribution in [2.24, 2.45) is 5.10 Å². The van der Waals surface area contributed by atoms with E-state index in [1.807, 2.05) is 0 Å². The lowest BCUT2D eigenvalue weighted by molar-refractivity contribution is -0.384. The Morgan fingerprint density at radius 2 is 1.94 bits per heavy atom. The minimum Gasteiger partial charge on any atom is -0.508 e. The Kier molecular flexibility index (Phi) is 5.97. The first kappa shape index (κ1) is 21.7. The number of hydrazone groups is 1. The van der Waals surface area contributed by atoms with E-state index in [2.05, 4.69) is 10.5 Å². The van der Waals surface area contributed by atoms with Crippen molar-refractivity contribution in [1.29, 1.82) is 5.26 Å². The molecule has 0 saturated heterocycles. The molecule has 1 amide bonds. The van der Waals surface area contributed by atoms with E-state index in [-0.39, 0.29) is 39.3 Å². The van der Waals surface area contributed by atoms with Crippen LogP contribution in [0.4, 0.5) is 5.69 Å². The van der Waals surface area contributed by atoms with Gasteiger partial charge in [0.1, 0.15) is 34.3 Å². The summed E-state index contributed by atoms with van der Waals surface area (Å²) in [5.74, 6) is -1.51. The Labute approximate surface area is 179 Å². The number of nitriles is 1. The molecule has 0 bridgehead atoms. The molecule has 3 N–H and O–H groups in total. The predicted molar refractivity (Wildman–Crippen MR) is 113 cm³/mol. The zero-order valence-corrected chi connectivity index (χ0v) is 16.4. The summed E-state index contributed by atoms with van der Waals surface area (Å²) in [5, 5.41) is 43.8. The fraction of sp³-hybridized carbons (Fsp3) is 0.0476. The molecule has 0 aliphatic rings. The summed E-state index contributed by atoms with van der Waals surface area (Å²) in [4.78, 5) is 34.7. The molecule has 3 rings (SSSR count). The quantitative estimate of drug-likeness (QED) is 0.137. The molecule has 2 aromatic carbocycles. The van der Waals surface area contributed by atoms with Crippen molar-refractivity contribution in [1.82, 2.24) is 5.43 Å². The second-order valence-electron chi connectivity index (χ2n) is 6.45. The van der Waals surface area contributed by atoms with Crippen LogP contribution in [0.5, 0.6) is 11.5 Å². The Morgan fingerprint density at radius 1 is 1.25 bits per heavy atom. The van der Waals surface area contributed by atoms with Crippen molar-refractivity contribution in [3.8, 4) is 17.6 Å². The molecule has 11 heteroatoms. The molecule has 0 radical (unpaired) electrons. The molecule has 0 aliphatic heterocycles. The van der Waals surface area contributed by atoms with Gasteiger partial charge >= 0.3 is 5.63 Å². The highest BCUT2D eigenvalue weighted by atomic mass is 16.6. The molecule has 160 valence electrons. The summed E-state index contributed by atoms with van der Waals surface area (Å²) in [6, 6.07) is 10.7. The van der Waals surface area contributed by atoms with Crippen LogP contribution in [0, 0.1) is 21.4 Å². The lowest BCUT2D eigenvalue weighted by Crippen LogP contribution is -2.22. The van der Waals surface area contributed by atoms with Crippen molar-refractivity contribution >= 4 is 34.4 Å². The number of aromatic hydroxyl groups is 2. The van der Waals surface area contributed by atoms with Gasteiger partial charge in [-0.25, -0.2) is 10.2 Å². The van der Waals surface area contributed by atoms with E-state index < -0.39 is 22.2 Å². The highest BCUT2D eigenvalue weighted by Crippen LogP contribution is 2.29. The fourth-order valence-electron chi connectivity index (χ4n) is 2.75. The van der Waals surface area contributed by atoms with Gasteiger partial charge in [-0.2, -0.15) is 10.4 Å². The minimum absolute atomic E-state index is 0.0362. The minimum atomic E-state index is -0.946. The van der Waals surface area contributed by atoms with Gasteiger partial charge in [0.2, 0.25) is 0 Å². The first-order chi connectivity index (χ1) is 15.2. The Bertz CT molecular complexity index is 1400. The molecule has 0 atom stereocenters. The lowest BCUT2D eigenvalue weighted by atomic mass is 10.1. The lowest BCUT2D eigenvalue weighted by Gasteiger charge is -2.07. The molecule has 0 fully saturated rings. The molecule has 11 nitrogen and oxygen atoms in total. The van der Waals surface area contributed by atoms with E-state index in [9.17, 15) is 35.2 Å². The van der Waals surface area contributed by atoms with E-state index in [1.54, 1.807) is 6.07 Å². The smallest absolute Gasteiger partial charge is 0.349 e. The van der Waals surface area contributed by atoms with Gasteiger partial charge in [0.15, 0.2) is 0 Å². The van der Waals surface area contributed by atoms with E-state index in [0.717, 1.165) is 6.07 Å². The van der Waals surface area contributed by atoms with E-state index in [0.29, 0.717) is 5.56 Å². The molecule has 0 unspecified atom stereocenters. The number of fused-ring (bicyclic) bond motifs is 1. The van der Waals surface area contributed by atoms with Crippen LogP contribution in [0.15, 0.2) is 62.4 Å². The second-order valence-corrected chi connectivity index (χ2v) is 6.45. The molecule has 32 heavy (non-hydrogen) atoms. The number of phenols is 1. The number of hydrogen-bond donors (Lipinski definition) is 3. The first-order valence-electron chi connectivity index (χ1n) is 8.91. The van der Waals surface area contributed by atoms with Crippen LogP contribution in [0.2, 0.25) is 0 Å². The van der Waals surface area contributed by atoms with Gasteiger partial charge in [0.05, 0.1) is 16.0 Å². The van der Waals surface area contributed by atoms with Gasteiger partial charge in [0, 0.05) is 18.2 Å². The number of amides is 1. The van der Waals surface area contributed by atoms with Gasteiger partial charge < -0.3 is 14.6 Å². The molecule has 1 heterocycles. The van der Waals surface area contributed by atoms with Crippen molar-refractivity contribution in [2.75, 3.05) is 0 Å². The van der Waals surface area contributed by atoms with Crippen LogP contribution >= 0.6 is 0 Å². The third kappa shape index (κ3) is 4.44. The van der Waals surface area contributed by atoms with E-state index in [1.165, 1.54) is 49.4 Å². The summed E-state index contributed by atoms with van der Waals surface area (Å²) in [6.45, 7) is 1.34. The number of rotatable bonds is 5. The summed E-state index contributed by atoms with van der Waals surface area (Å²) in [5.41, 5.74) is 0.618. The standard InChI is InChI=1S/C21H14N4O7/c1-11(18-19(27)16-7-6-15(26)9-17(16)32-21(18)29)23-24-20(28)13(10-22)8-12-2-4-14(5-3-12)25(30)31/h2-9,26-27H,1H3,(H,24,28)/b13-8+,23-11+. The highest BCUT2D eigenvalue weighted by Gasteiger charge is 2.18. The number of hydrogen-bond acceptors (Lipinski definition) is 9. The zero-order valence-electron chi connectivity index (χ0n) is 16.4. The van der Waals surface area contributed by atoms with Crippen molar-refractivity contribution in [3.05, 3.63) is 79.7 Å². The van der Waals surface area contributed by atoms with Gasteiger partial charge in [-0.05, 0) is 42.8 Å². The topological polar surface area (TPSA) is 179 Å². The summed E-state index contributed by atoms with van der Waals surface area (Å²) >= 11 is 0. The Hall–Kier alpha value is -4.98. The van der Waals surface area contributed by atoms with Crippen molar-refractivity contribution in [3.63, 3.8) is 0 Å². The highest BCUT2D eigenvalue weighted by molar-refractivity contribution is 6.06. The number of phenolic OH excluding ortho intramolecular Hbond substituents is 1. The average molecular weight is 434 g/mol. The van der Waals surface area contributed by atoms with Crippen LogP contribution in [-0.2, 0) is 4.79 Å². The summed E-state index contributed by atoms with van der Waals surface area (Å²) in [6.07, 6.45) is 1.21. The SMILES string of the molecule is C/C(=N\NC(=O)/C(C#N)=C/c1ccc([N+](=O)[O-])cc1)c1c(O)c2ccc(O)cc2oc1=O. The van der Waals surface area contributed by atoms with Gasteiger partial charge in [-0.15, -0.1) is 0 Å². The van der Waals surface area contributed by atoms with Crippen LogP contribution in [0.25, 0.3) is 17.0 Å². The molecule has 0 spiro atoms. The number of nitrogens with zero attached hydrogens (tertiary/aromatic N) is 3. The Morgan fingerprint density at radius 3 is 2.56 bits per heavy atom. The largest absolute Gasteiger partial charge is 0.508 e. The third-order valence-electron chi connectivity index (χ3n) is 4.33. The number of non-ortho nitro benzene ring substituents is 1. The number of benzene rings is 2. The molecule has 0 aliphatic carbocycles. The zero-order chi connectivity index (χ0) is 23.4. The van der Waals surface area contributed by atoms with Gasteiger partial charge in [-0.1, -0.05) is 0 Å². The molecule has 1 aromatic heterocycles. The monoisotopic (exact) mass is 434 g/mol. The summed E-state index contributed by atoms with van der Waals surface area (Å²) < 4.78 is 5.08. The average Bonchev–Trinajstić information content (AvgIpc) is 2.75. The first-order valence-corrected chi connectivity index (χ1v) is 8.91. The van der Waals surface area contributed by atoms with E-state index in [4.69, 9.17) is 4.42 Å². The Balaban J connectivity index is 1.87. The third-order valence-corrected chi connectivity index (χ3v) is 4.33. The molecule has 0 saturated carbocycles. The number of nitro benzene ring substituents is 1. The number of nitro groups is 1. The van der Waals surface area contributed by atoms with Crippen LogP contribution < -0.4 is 11.1 Å². The van der Waals surface area contributed by atoms with Crippen molar-refractivity contribution in [2.45, 2.75) is 6.92 Å². The number of carbonyl (C=O) groups excluding carboxylic acids is 1. The van der Waals surface area contributed by atoms with Crippen LogP contribution in [-0.4, -0.2) is 26.8 Å². The van der Waals surface area contributed by atoms with Crippen LogP contribution in [0.3, 0.4) is 0 Å². The maximum atomic E-state index is 12.3. The number of nitrogens with one attached hydrogen (secondary N) is 1. The summed E-state index contributed by atoms with van der Waals surface area (Å²) in [7, 11) is 0. The number of carbonyl (C=O) groups is 1. The van der Waals surface area contributed by atoms with Crippen LogP contribution in [0.1, 0.15) is 18.1 Å². The van der Waals surface area contributed by atoms with Gasteiger partial charge in [0.25, 0.3) is 11.6 Å². The van der Waals surface area contributed by atoms with E-state index >= 15 is 0 Å². The van der Waals surface area contributed by atoms with Gasteiger partial charge in [-0.3, -0.25) is 14.9 Å². The molecule has 3 aromatic rings. The molecular formula is C21H14N4O7.